The standard InChI is InChI=1S/C17H16N4O4/c1-24-10-9-18-16-15(21(22)23)17(20-11-19-16)25-14-8-4-6-12-5-2-3-7-13(12)14/h2-8,11H,9-10H2,1H3,(H,18,19,20). The number of methoxy groups -OCH3 is 1. The molecule has 0 fully saturated rings. The number of nitro groups is 1. The fraction of sp³-hybridized carbons (Fsp3) is 0.176. The van der Waals surface area contributed by atoms with Crippen LogP contribution in [0.4, 0.5) is 11.5 Å². The van der Waals surface area contributed by atoms with E-state index >= 15 is 0 Å². The van der Waals surface area contributed by atoms with Gasteiger partial charge in [-0.25, -0.2) is 4.98 Å². The van der Waals surface area contributed by atoms with Gasteiger partial charge in [0.2, 0.25) is 5.82 Å². The van der Waals surface area contributed by atoms with E-state index in [4.69, 9.17) is 9.47 Å². The van der Waals surface area contributed by atoms with Crippen molar-refractivity contribution in [1.82, 2.24) is 9.97 Å². The van der Waals surface area contributed by atoms with Gasteiger partial charge in [-0.2, -0.15) is 4.98 Å². The van der Waals surface area contributed by atoms with Crippen molar-refractivity contribution in [3.8, 4) is 11.6 Å². The molecule has 0 amide bonds. The predicted octanol–water partition coefficient (Wildman–Crippen LogP) is 3.39. The third kappa shape index (κ3) is 3.64. The van der Waals surface area contributed by atoms with Crippen molar-refractivity contribution in [3.05, 3.63) is 58.9 Å². The van der Waals surface area contributed by atoms with Gasteiger partial charge in [0.05, 0.1) is 11.5 Å². The number of hydrogen-bond donors (Lipinski definition) is 1. The van der Waals surface area contributed by atoms with Gasteiger partial charge in [0.25, 0.3) is 0 Å². The molecule has 1 aromatic heterocycles. The highest BCUT2D eigenvalue weighted by Crippen LogP contribution is 2.36. The van der Waals surface area contributed by atoms with Gasteiger partial charge in [-0.3, -0.25) is 10.1 Å². The van der Waals surface area contributed by atoms with Gasteiger partial charge in [-0.1, -0.05) is 36.4 Å². The number of nitrogens with one attached hydrogen (secondary N) is 1. The average Bonchev–Trinajstić information content (AvgIpc) is 2.62. The summed E-state index contributed by atoms with van der Waals surface area (Å²) in [5.74, 6) is 0.464. The van der Waals surface area contributed by atoms with Gasteiger partial charge < -0.3 is 14.8 Å². The fourth-order valence-corrected chi connectivity index (χ4v) is 2.39. The van der Waals surface area contributed by atoms with Crippen LogP contribution in [0, 0.1) is 10.1 Å². The van der Waals surface area contributed by atoms with E-state index in [2.05, 4.69) is 15.3 Å². The van der Waals surface area contributed by atoms with Gasteiger partial charge in [0.15, 0.2) is 0 Å². The largest absolute Gasteiger partial charge is 0.433 e. The highest BCUT2D eigenvalue weighted by molar-refractivity contribution is 5.88. The summed E-state index contributed by atoms with van der Waals surface area (Å²) in [6, 6.07) is 13.1. The topological polar surface area (TPSA) is 99.4 Å². The van der Waals surface area contributed by atoms with Gasteiger partial charge in [0, 0.05) is 19.0 Å². The van der Waals surface area contributed by atoms with Crippen molar-refractivity contribution in [1.29, 1.82) is 0 Å². The summed E-state index contributed by atoms with van der Waals surface area (Å²) >= 11 is 0. The van der Waals surface area contributed by atoms with Crippen LogP contribution in [0.2, 0.25) is 0 Å². The Labute approximate surface area is 143 Å². The molecule has 0 unspecified atom stereocenters. The fourth-order valence-electron chi connectivity index (χ4n) is 2.39. The highest BCUT2D eigenvalue weighted by atomic mass is 16.6. The number of ether oxygens (including phenoxy) is 2. The van der Waals surface area contributed by atoms with E-state index in [9.17, 15) is 10.1 Å². The quantitative estimate of drug-likeness (QED) is 0.400. The van der Waals surface area contributed by atoms with E-state index in [1.807, 2.05) is 36.4 Å². The summed E-state index contributed by atoms with van der Waals surface area (Å²) in [5.41, 5.74) is -0.313. The van der Waals surface area contributed by atoms with E-state index in [-0.39, 0.29) is 17.4 Å². The van der Waals surface area contributed by atoms with Crippen molar-refractivity contribution in [2.45, 2.75) is 0 Å². The van der Waals surface area contributed by atoms with E-state index < -0.39 is 4.92 Å². The zero-order valence-corrected chi connectivity index (χ0v) is 13.5. The van der Waals surface area contributed by atoms with Crippen LogP contribution in [0.15, 0.2) is 48.8 Å². The lowest BCUT2D eigenvalue weighted by atomic mass is 10.1. The Balaban J connectivity index is 1.99. The first-order valence-corrected chi connectivity index (χ1v) is 7.58. The van der Waals surface area contributed by atoms with Gasteiger partial charge in [0.1, 0.15) is 12.1 Å². The Morgan fingerprint density at radius 1 is 1.16 bits per heavy atom. The lowest BCUT2D eigenvalue weighted by molar-refractivity contribution is -0.385. The summed E-state index contributed by atoms with van der Waals surface area (Å²) in [5, 5.41) is 16.2. The molecule has 8 nitrogen and oxygen atoms in total. The second-order valence-corrected chi connectivity index (χ2v) is 5.13. The highest BCUT2D eigenvalue weighted by Gasteiger charge is 2.25. The molecule has 0 spiro atoms. The maximum atomic E-state index is 11.5. The monoisotopic (exact) mass is 340 g/mol. The number of fused-ring (bicyclic) bond motifs is 1. The molecule has 25 heavy (non-hydrogen) atoms. The number of anilines is 1. The molecule has 0 aliphatic heterocycles. The minimum absolute atomic E-state index is 0.0901. The molecule has 0 aliphatic rings. The van der Waals surface area contributed by atoms with Crippen molar-refractivity contribution < 1.29 is 14.4 Å². The Morgan fingerprint density at radius 3 is 2.76 bits per heavy atom. The third-order valence-corrected chi connectivity index (χ3v) is 3.53. The normalized spacial score (nSPS) is 10.6. The lowest BCUT2D eigenvalue weighted by Gasteiger charge is -2.10. The summed E-state index contributed by atoms with van der Waals surface area (Å²) in [6.07, 6.45) is 1.22. The second-order valence-electron chi connectivity index (χ2n) is 5.13. The van der Waals surface area contributed by atoms with E-state index in [1.54, 1.807) is 13.2 Å². The van der Waals surface area contributed by atoms with Gasteiger partial charge in [-0.05, 0) is 11.5 Å². The summed E-state index contributed by atoms with van der Waals surface area (Å²) in [6.45, 7) is 0.767. The van der Waals surface area contributed by atoms with Crippen LogP contribution in [0.1, 0.15) is 0 Å². The van der Waals surface area contributed by atoms with Crippen molar-refractivity contribution in [2.24, 2.45) is 0 Å². The molecule has 1 heterocycles. The van der Waals surface area contributed by atoms with Gasteiger partial charge in [-0.15, -0.1) is 0 Å². The molecule has 2 aromatic carbocycles. The molecule has 8 heteroatoms. The molecule has 0 saturated carbocycles. The minimum Gasteiger partial charge on any atom is -0.433 e. The number of hydrogen-bond acceptors (Lipinski definition) is 7. The first-order valence-electron chi connectivity index (χ1n) is 7.58. The van der Waals surface area contributed by atoms with Crippen LogP contribution in [0.5, 0.6) is 11.6 Å². The second kappa shape index (κ2) is 7.54. The molecule has 0 bridgehead atoms. The van der Waals surface area contributed by atoms with Crippen molar-refractivity contribution in [3.63, 3.8) is 0 Å². The Morgan fingerprint density at radius 2 is 1.96 bits per heavy atom. The third-order valence-electron chi connectivity index (χ3n) is 3.53. The molecule has 0 radical (unpaired) electrons. The van der Waals surface area contributed by atoms with Gasteiger partial charge >= 0.3 is 11.6 Å². The molecular formula is C17H16N4O4. The Bertz CT molecular complexity index is 895. The van der Waals surface area contributed by atoms with E-state index in [0.29, 0.717) is 18.9 Å². The van der Waals surface area contributed by atoms with Crippen LogP contribution in [-0.4, -0.2) is 35.2 Å². The maximum absolute atomic E-state index is 11.5. The average molecular weight is 340 g/mol. The zero-order valence-electron chi connectivity index (χ0n) is 13.5. The molecule has 0 atom stereocenters. The minimum atomic E-state index is -0.560. The van der Waals surface area contributed by atoms with Crippen LogP contribution in [-0.2, 0) is 4.74 Å². The maximum Gasteiger partial charge on any atom is 0.373 e. The number of aromatic nitrogens is 2. The smallest absolute Gasteiger partial charge is 0.373 e. The Hall–Kier alpha value is -3.26. The molecule has 3 aromatic rings. The lowest BCUT2D eigenvalue weighted by Crippen LogP contribution is -2.11. The first kappa shape index (κ1) is 16.6. The number of benzene rings is 2. The predicted molar refractivity (Wildman–Crippen MR) is 93.1 cm³/mol. The summed E-state index contributed by atoms with van der Waals surface area (Å²) in [4.78, 5) is 18.8. The molecule has 3 rings (SSSR count). The van der Waals surface area contributed by atoms with E-state index in [1.165, 1.54) is 6.33 Å². The molecule has 1 N–H and O–H groups in total. The van der Waals surface area contributed by atoms with Crippen LogP contribution in [0.3, 0.4) is 0 Å². The molecule has 0 saturated heterocycles. The summed E-state index contributed by atoms with van der Waals surface area (Å²) in [7, 11) is 1.55. The first-order chi connectivity index (χ1) is 12.2. The zero-order chi connectivity index (χ0) is 17.6. The molecular weight excluding hydrogens is 324 g/mol. The summed E-state index contributed by atoms with van der Waals surface area (Å²) < 4.78 is 10.7. The number of nitrogens with zero attached hydrogens (tertiary/aromatic N) is 3. The van der Waals surface area contributed by atoms with E-state index in [0.717, 1.165) is 10.8 Å². The Kier molecular flexibility index (Phi) is 5.00. The molecule has 0 aliphatic carbocycles. The van der Waals surface area contributed by atoms with Crippen LogP contribution >= 0.6 is 0 Å². The van der Waals surface area contributed by atoms with Crippen molar-refractivity contribution in [2.75, 3.05) is 25.6 Å². The SMILES string of the molecule is COCCNc1ncnc(Oc2cccc3ccccc23)c1[N+](=O)[O-]. The molecule has 128 valence electrons. The van der Waals surface area contributed by atoms with Crippen LogP contribution < -0.4 is 10.1 Å². The van der Waals surface area contributed by atoms with Crippen LogP contribution in [0.25, 0.3) is 10.8 Å². The van der Waals surface area contributed by atoms with Crippen molar-refractivity contribution >= 4 is 22.3 Å². The number of rotatable bonds is 7.